The summed E-state index contributed by atoms with van der Waals surface area (Å²) in [4.78, 5) is 24.3. The first-order valence-corrected chi connectivity index (χ1v) is 10.4. The van der Waals surface area contributed by atoms with Crippen LogP contribution in [0.3, 0.4) is 0 Å². The normalized spacial score (nSPS) is 10.7. The van der Waals surface area contributed by atoms with E-state index in [9.17, 15) is 14.0 Å². The number of hydrogen-bond acceptors (Lipinski definition) is 5. The molecule has 156 valence electrons. The van der Waals surface area contributed by atoms with Gasteiger partial charge in [0, 0.05) is 18.3 Å². The second-order valence-electron chi connectivity index (χ2n) is 6.11. The minimum atomic E-state index is -0.375. The van der Waals surface area contributed by atoms with Gasteiger partial charge in [0.2, 0.25) is 5.91 Å². The molecule has 0 radical (unpaired) electrons. The molecule has 0 unspecified atom stereocenters. The standard InChI is InChI=1S/C19H16Cl2FN5O2S/c1-27-16(9-23-18(29)11-2-7-14(20)15(21)8-11)25-26-19(27)30-10-17(28)24-13-5-3-12(22)4-6-13/h2-8H,9-10H2,1H3,(H,23,29)(H,24,28). The zero-order valence-electron chi connectivity index (χ0n) is 15.7. The molecular weight excluding hydrogens is 452 g/mol. The Labute approximate surface area is 186 Å². The van der Waals surface area contributed by atoms with Crippen LogP contribution in [0.1, 0.15) is 16.2 Å². The van der Waals surface area contributed by atoms with Crippen LogP contribution in [-0.2, 0) is 18.4 Å². The summed E-state index contributed by atoms with van der Waals surface area (Å²) in [6.45, 7) is 0.144. The van der Waals surface area contributed by atoms with Crippen LogP contribution in [0.5, 0.6) is 0 Å². The molecule has 3 rings (SSSR count). The molecule has 0 fully saturated rings. The van der Waals surface area contributed by atoms with Gasteiger partial charge in [-0.05, 0) is 42.5 Å². The number of rotatable bonds is 7. The maximum absolute atomic E-state index is 12.9. The van der Waals surface area contributed by atoms with E-state index in [2.05, 4.69) is 20.8 Å². The van der Waals surface area contributed by atoms with Crippen LogP contribution in [0.4, 0.5) is 10.1 Å². The fourth-order valence-corrected chi connectivity index (χ4v) is 3.41. The highest BCUT2D eigenvalue weighted by molar-refractivity contribution is 7.99. The summed E-state index contributed by atoms with van der Waals surface area (Å²) >= 11 is 13.0. The van der Waals surface area contributed by atoms with Crippen LogP contribution in [0.15, 0.2) is 47.6 Å². The molecule has 0 saturated heterocycles. The maximum atomic E-state index is 12.9. The predicted molar refractivity (Wildman–Crippen MR) is 114 cm³/mol. The van der Waals surface area contributed by atoms with E-state index >= 15 is 0 Å². The minimum Gasteiger partial charge on any atom is -0.345 e. The first-order chi connectivity index (χ1) is 14.3. The Morgan fingerprint density at radius 1 is 1.10 bits per heavy atom. The Morgan fingerprint density at radius 2 is 1.83 bits per heavy atom. The molecule has 0 aliphatic rings. The quantitative estimate of drug-likeness (QED) is 0.514. The first-order valence-electron chi connectivity index (χ1n) is 8.63. The molecule has 3 aromatic rings. The van der Waals surface area contributed by atoms with E-state index in [4.69, 9.17) is 23.2 Å². The zero-order valence-corrected chi connectivity index (χ0v) is 18.0. The molecule has 11 heteroatoms. The summed E-state index contributed by atoms with van der Waals surface area (Å²) in [7, 11) is 1.74. The predicted octanol–water partition coefficient (Wildman–Crippen LogP) is 3.92. The molecule has 1 heterocycles. The second-order valence-corrected chi connectivity index (χ2v) is 7.87. The van der Waals surface area contributed by atoms with Crippen molar-refractivity contribution in [3.8, 4) is 0 Å². The molecule has 2 N–H and O–H groups in total. The highest BCUT2D eigenvalue weighted by atomic mass is 35.5. The highest BCUT2D eigenvalue weighted by Gasteiger charge is 2.14. The second kappa shape index (κ2) is 9.92. The third kappa shape index (κ3) is 5.71. The van der Waals surface area contributed by atoms with Gasteiger partial charge in [0.15, 0.2) is 11.0 Å². The number of nitrogens with one attached hydrogen (secondary N) is 2. The van der Waals surface area contributed by atoms with Crippen molar-refractivity contribution in [2.45, 2.75) is 11.7 Å². The van der Waals surface area contributed by atoms with Crippen molar-refractivity contribution in [1.29, 1.82) is 0 Å². The van der Waals surface area contributed by atoms with Gasteiger partial charge in [0.25, 0.3) is 5.91 Å². The SMILES string of the molecule is Cn1c(CNC(=O)c2ccc(Cl)c(Cl)c2)nnc1SCC(=O)Nc1ccc(F)cc1. The van der Waals surface area contributed by atoms with Crippen LogP contribution < -0.4 is 10.6 Å². The van der Waals surface area contributed by atoms with Gasteiger partial charge in [0.05, 0.1) is 22.3 Å². The number of halogens is 3. The van der Waals surface area contributed by atoms with Crippen molar-refractivity contribution in [2.75, 3.05) is 11.1 Å². The van der Waals surface area contributed by atoms with E-state index in [0.717, 1.165) is 0 Å². The largest absolute Gasteiger partial charge is 0.345 e. The molecule has 30 heavy (non-hydrogen) atoms. The van der Waals surface area contributed by atoms with Gasteiger partial charge in [0.1, 0.15) is 5.82 Å². The summed E-state index contributed by atoms with van der Waals surface area (Å²) in [5.41, 5.74) is 0.879. The van der Waals surface area contributed by atoms with E-state index in [0.29, 0.717) is 32.3 Å². The van der Waals surface area contributed by atoms with Gasteiger partial charge in [-0.15, -0.1) is 10.2 Å². The Morgan fingerprint density at radius 3 is 2.53 bits per heavy atom. The lowest BCUT2D eigenvalue weighted by Gasteiger charge is -2.07. The molecule has 0 bridgehead atoms. The van der Waals surface area contributed by atoms with Crippen molar-refractivity contribution in [3.05, 3.63) is 69.7 Å². The fourth-order valence-electron chi connectivity index (χ4n) is 2.38. The Kier molecular flexibility index (Phi) is 7.30. The smallest absolute Gasteiger partial charge is 0.251 e. The van der Waals surface area contributed by atoms with Gasteiger partial charge in [-0.3, -0.25) is 9.59 Å². The van der Waals surface area contributed by atoms with Crippen molar-refractivity contribution >= 4 is 52.5 Å². The molecule has 2 amide bonds. The number of nitrogens with zero attached hydrogens (tertiary/aromatic N) is 3. The van der Waals surface area contributed by atoms with Gasteiger partial charge in [-0.25, -0.2) is 4.39 Å². The minimum absolute atomic E-state index is 0.0962. The molecule has 0 atom stereocenters. The number of carbonyl (C=O) groups excluding carboxylic acids is 2. The molecular formula is C19H16Cl2FN5O2S. The van der Waals surface area contributed by atoms with E-state index in [1.165, 1.54) is 42.1 Å². The van der Waals surface area contributed by atoms with Gasteiger partial charge < -0.3 is 15.2 Å². The van der Waals surface area contributed by atoms with Crippen LogP contribution in [0.2, 0.25) is 10.0 Å². The maximum Gasteiger partial charge on any atom is 0.251 e. The van der Waals surface area contributed by atoms with Gasteiger partial charge in [-0.1, -0.05) is 35.0 Å². The third-order valence-electron chi connectivity index (χ3n) is 3.97. The number of benzene rings is 2. The number of anilines is 1. The topological polar surface area (TPSA) is 88.9 Å². The average Bonchev–Trinajstić information content (AvgIpc) is 3.08. The molecule has 1 aromatic heterocycles. The summed E-state index contributed by atoms with van der Waals surface area (Å²) < 4.78 is 14.6. The third-order valence-corrected chi connectivity index (χ3v) is 5.73. The first kappa shape index (κ1) is 22.1. The van der Waals surface area contributed by atoms with E-state index < -0.39 is 0 Å². The van der Waals surface area contributed by atoms with Crippen molar-refractivity contribution in [3.63, 3.8) is 0 Å². The average molecular weight is 468 g/mol. The monoisotopic (exact) mass is 467 g/mol. The molecule has 0 aliphatic carbocycles. The zero-order chi connectivity index (χ0) is 21.7. The number of hydrogen-bond donors (Lipinski definition) is 2. The van der Waals surface area contributed by atoms with Gasteiger partial charge in [-0.2, -0.15) is 0 Å². The molecule has 0 aliphatic heterocycles. The number of carbonyl (C=O) groups is 2. The van der Waals surface area contributed by atoms with Crippen molar-refractivity contribution in [2.24, 2.45) is 7.05 Å². The Balaban J connectivity index is 1.52. The Bertz CT molecular complexity index is 1080. The summed E-state index contributed by atoms with van der Waals surface area (Å²) in [5, 5.41) is 14.7. The molecule has 0 spiro atoms. The summed E-state index contributed by atoms with van der Waals surface area (Å²) in [5.74, 6) is -0.350. The summed E-state index contributed by atoms with van der Waals surface area (Å²) in [6.07, 6.45) is 0. The van der Waals surface area contributed by atoms with Crippen molar-refractivity contribution in [1.82, 2.24) is 20.1 Å². The number of aromatic nitrogens is 3. The van der Waals surface area contributed by atoms with Crippen molar-refractivity contribution < 1.29 is 14.0 Å². The van der Waals surface area contributed by atoms with E-state index in [1.807, 2.05) is 0 Å². The highest BCUT2D eigenvalue weighted by Crippen LogP contribution is 2.22. The van der Waals surface area contributed by atoms with Gasteiger partial charge >= 0.3 is 0 Å². The van der Waals surface area contributed by atoms with Crippen LogP contribution in [0.25, 0.3) is 0 Å². The lowest BCUT2D eigenvalue weighted by atomic mass is 10.2. The van der Waals surface area contributed by atoms with Crippen LogP contribution in [0, 0.1) is 5.82 Å². The van der Waals surface area contributed by atoms with E-state index in [-0.39, 0.29) is 29.9 Å². The number of amides is 2. The molecule has 2 aromatic carbocycles. The molecule has 7 nitrogen and oxygen atoms in total. The lowest BCUT2D eigenvalue weighted by Crippen LogP contribution is -2.24. The Hall–Kier alpha value is -2.62. The van der Waals surface area contributed by atoms with Crippen LogP contribution >= 0.6 is 35.0 Å². The van der Waals surface area contributed by atoms with E-state index in [1.54, 1.807) is 23.7 Å². The summed E-state index contributed by atoms with van der Waals surface area (Å²) in [6, 6.07) is 10.1. The fraction of sp³-hybridized carbons (Fsp3) is 0.158. The molecule has 0 saturated carbocycles. The lowest BCUT2D eigenvalue weighted by molar-refractivity contribution is -0.113. The van der Waals surface area contributed by atoms with Crippen LogP contribution in [-0.4, -0.2) is 32.3 Å². The number of thioether (sulfide) groups is 1.